The van der Waals surface area contributed by atoms with E-state index in [9.17, 15) is 0 Å². The number of hydrogen-bond acceptors (Lipinski definition) is 4. The average Bonchev–Trinajstić information content (AvgIpc) is 2.53. The lowest BCUT2D eigenvalue weighted by Gasteiger charge is -2.04. The van der Waals surface area contributed by atoms with E-state index in [1.807, 2.05) is 19.1 Å². The molecule has 0 saturated heterocycles. The van der Waals surface area contributed by atoms with Crippen molar-refractivity contribution >= 4 is 0 Å². The van der Waals surface area contributed by atoms with Crippen molar-refractivity contribution in [2.45, 2.75) is 13.5 Å². The van der Waals surface area contributed by atoms with Gasteiger partial charge in [0.1, 0.15) is 0 Å². The molecule has 1 aromatic carbocycles. The van der Waals surface area contributed by atoms with Crippen LogP contribution in [0.25, 0.3) is 0 Å². The third-order valence-electron chi connectivity index (χ3n) is 2.00. The Balaban J connectivity index is 2.37. The predicted octanol–water partition coefficient (Wildman–Crippen LogP) is 1.20. The van der Waals surface area contributed by atoms with Crippen LogP contribution in [-0.4, -0.2) is 12.0 Å². The average molecular weight is 181 g/mol. The molecule has 0 amide bonds. The van der Waals surface area contributed by atoms with E-state index < -0.39 is 0 Å². The summed E-state index contributed by atoms with van der Waals surface area (Å²) in [6.45, 7) is 2.65. The number of fused-ring (bicyclic) bond motifs is 1. The van der Waals surface area contributed by atoms with Crippen molar-refractivity contribution in [2.75, 3.05) is 6.79 Å². The highest BCUT2D eigenvalue weighted by atomic mass is 16.7. The molecule has 4 heteroatoms. The molecule has 2 rings (SSSR count). The van der Waals surface area contributed by atoms with E-state index in [4.69, 9.17) is 14.7 Å². The second-order valence-corrected chi connectivity index (χ2v) is 2.98. The van der Waals surface area contributed by atoms with Gasteiger partial charge in [0.05, 0.1) is 0 Å². The predicted molar refractivity (Wildman–Crippen MR) is 45.9 cm³/mol. The third-order valence-corrected chi connectivity index (χ3v) is 2.00. The van der Waals surface area contributed by atoms with Gasteiger partial charge in [-0.3, -0.25) is 0 Å². The molecule has 1 aromatic rings. The molecule has 0 bridgehead atoms. The molecule has 4 nitrogen and oxygen atoms in total. The van der Waals surface area contributed by atoms with Gasteiger partial charge in [-0.2, -0.15) is 0 Å². The van der Waals surface area contributed by atoms with Crippen molar-refractivity contribution in [3.63, 3.8) is 0 Å². The van der Waals surface area contributed by atoms with Crippen LogP contribution < -0.4 is 15.0 Å². The summed E-state index contributed by atoms with van der Waals surface area (Å²) in [6, 6.07) is 3.81. The summed E-state index contributed by atoms with van der Waals surface area (Å²) < 4.78 is 10.5. The minimum Gasteiger partial charge on any atom is -0.454 e. The quantitative estimate of drug-likeness (QED) is 0.673. The SMILES string of the molecule is Cc1cc(CNO)cc2c1OCO2. The molecule has 0 fully saturated rings. The summed E-state index contributed by atoms with van der Waals surface area (Å²) in [5, 5.41) is 8.54. The largest absolute Gasteiger partial charge is 0.454 e. The van der Waals surface area contributed by atoms with E-state index in [2.05, 4.69) is 5.48 Å². The van der Waals surface area contributed by atoms with Crippen LogP contribution in [0.4, 0.5) is 0 Å². The maximum absolute atomic E-state index is 8.54. The van der Waals surface area contributed by atoms with Crippen LogP contribution in [0, 0.1) is 6.92 Å². The molecule has 0 aromatic heterocycles. The first-order valence-electron chi connectivity index (χ1n) is 4.07. The fourth-order valence-corrected chi connectivity index (χ4v) is 1.45. The zero-order chi connectivity index (χ0) is 9.26. The summed E-state index contributed by atoms with van der Waals surface area (Å²) in [5.41, 5.74) is 4.11. The molecular weight excluding hydrogens is 170 g/mol. The highest BCUT2D eigenvalue weighted by Gasteiger charge is 2.16. The Hall–Kier alpha value is -1.26. The normalized spacial score (nSPS) is 13.4. The first-order valence-corrected chi connectivity index (χ1v) is 4.07. The molecule has 70 valence electrons. The zero-order valence-electron chi connectivity index (χ0n) is 7.33. The monoisotopic (exact) mass is 181 g/mol. The standard InChI is InChI=1S/C9H11NO3/c1-6-2-7(4-10-11)3-8-9(6)13-5-12-8/h2-3,10-11H,4-5H2,1H3. The molecule has 0 aliphatic carbocycles. The van der Waals surface area contributed by atoms with Crippen LogP contribution in [0.1, 0.15) is 11.1 Å². The van der Waals surface area contributed by atoms with Crippen molar-refractivity contribution < 1.29 is 14.7 Å². The van der Waals surface area contributed by atoms with Gasteiger partial charge >= 0.3 is 0 Å². The molecule has 1 aliphatic heterocycles. The molecule has 0 unspecified atom stereocenters. The molecule has 13 heavy (non-hydrogen) atoms. The first-order chi connectivity index (χ1) is 6.31. The lowest BCUT2D eigenvalue weighted by molar-refractivity contribution is 0.161. The van der Waals surface area contributed by atoms with Crippen molar-refractivity contribution in [3.8, 4) is 11.5 Å². The number of hydrogen-bond donors (Lipinski definition) is 2. The molecular formula is C9H11NO3. The molecule has 2 N–H and O–H groups in total. The van der Waals surface area contributed by atoms with E-state index in [0.29, 0.717) is 6.54 Å². The Morgan fingerprint density at radius 1 is 1.46 bits per heavy atom. The maximum Gasteiger partial charge on any atom is 0.231 e. The van der Waals surface area contributed by atoms with Gasteiger partial charge in [-0.1, -0.05) is 6.07 Å². The summed E-state index contributed by atoms with van der Waals surface area (Å²) in [6.07, 6.45) is 0. The van der Waals surface area contributed by atoms with Crippen molar-refractivity contribution in [3.05, 3.63) is 23.3 Å². The molecule has 0 saturated carbocycles. The number of benzene rings is 1. The van der Waals surface area contributed by atoms with Crippen molar-refractivity contribution in [2.24, 2.45) is 0 Å². The first kappa shape index (κ1) is 8.34. The Bertz CT molecular complexity index is 325. The van der Waals surface area contributed by atoms with Crippen molar-refractivity contribution in [1.29, 1.82) is 0 Å². The Kier molecular flexibility index (Phi) is 2.08. The van der Waals surface area contributed by atoms with Gasteiger partial charge in [0, 0.05) is 6.54 Å². The van der Waals surface area contributed by atoms with Gasteiger partial charge in [0.2, 0.25) is 6.79 Å². The lowest BCUT2D eigenvalue weighted by Crippen LogP contribution is -2.06. The second-order valence-electron chi connectivity index (χ2n) is 2.98. The van der Waals surface area contributed by atoms with Gasteiger partial charge in [-0.15, -0.1) is 0 Å². The number of hydroxylamine groups is 1. The summed E-state index contributed by atoms with van der Waals surface area (Å²) in [7, 11) is 0. The summed E-state index contributed by atoms with van der Waals surface area (Å²) in [5.74, 6) is 1.56. The van der Waals surface area contributed by atoms with Crippen LogP contribution in [0.5, 0.6) is 11.5 Å². The Morgan fingerprint density at radius 2 is 2.31 bits per heavy atom. The van der Waals surface area contributed by atoms with Gasteiger partial charge < -0.3 is 14.7 Å². The highest BCUT2D eigenvalue weighted by Crippen LogP contribution is 2.36. The van der Waals surface area contributed by atoms with E-state index in [1.165, 1.54) is 0 Å². The zero-order valence-corrected chi connectivity index (χ0v) is 7.33. The van der Waals surface area contributed by atoms with Gasteiger partial charge in [-0.25, -0.2) is 5.48 Å². The molecule has 1 aliphatic rings. The highest BCUT2D eigenvalue weighted by molar-refractivity contribution is 5.50. The third kappa shape index (κ3) is 1.46. The number of ether oxygens (including phenoxy) is 2. The molecule has 0 atom stereocenters. The van der Waals surface area contributed by atoms with E-state index in [1.54, 1.807) is 0 Å². The van der Waals surface area contributed by atoms with Gasteiger partial charge in [0.25, 0.3) is 0 Å². The minimum absolute atomic E-state index is 0.284. The van der Waals surface area contributed by atoms with Crippen LogP contribution in [-0.2, 0) is 6.54 Å². The summed E-state index contributed by atoms with van der Waals surface area (Å²) >= 11 is 0. The lowest BCUT2D eigenvalue weighted by atomic mass is 10.1. The minimum atomic E-state index is 0.284. The van der Waals surface area contributed by atoms with Crippen LogP contribution in [0.15, 0.2) is 12.1 Å². The van der Waals surface area contributed by atoms with Crippen LogP contribution >= 0.6 is 0 Å². The number of nitrogens with one attached hydrogen (secondary N) is 1. The number of rotatable bonds is 2. The fraction of sp³-hybridized carbons (Fsp3) is 0.333. The summed E-state index contributed by atoms with van der Waals surface area (Å²) in [4.78, 5) is 0. The molecule has 0 radical (unpaired) electrons. The van der Waals surface area contributed by atoms with Crippen LogP contribution in [0.2, 0.25) is 0 Å². The Labute approximate surface area is 76.0 Å². The van der Waals surface area contributed by atoms with E-state index in [0.717, 1.165) is 22.6 Å². The fourth-order valence-electron chi connectivity index (χ4n) is 1.45. The van der Waals surface area contributed by atoms with Gasteiger partial charge in [-0.05, 0) is 24.1 Å². The van der Waals surface area contributed by atoms with Crippen LogP contribution in [0.3, 0.4) is 0 Å². The van der Waals surface area contributed by atoms with E-state index >= 15 is 0 Å². The smallest absolute Gasteiger partial charge is 0.231 e. The molecule has 0 spiro atoms. The number of aryl methyl sites for hydroxylation is 1. The maximum atomic E-state index is 8.54. The van der Waals surface area contributed by atoms with Crippen molar-refractivity contribution in [1.82, 2.24) is 5.48 Å². The Morgan fingerprint density at radius 3 is 3.08 bits per heavy atom. The topological polar surface area (TPSA) is 50.7 Å². The van der Waals surface area contributed by atoms with Gasteiger partial charge in [0.15, 0.2) is 11.5 Å². The second kappa shape index (κ2) is 3.24. The molecule has 1 heterocycles. The van der Waals surface area contributed by atoms with E-state index in [-0.39, 0.29) is 6.79 Å².